The Balaban J connectivity index is 0.00000304. The van der Waals surface area contributed by atoms with Gasteiger partial charge < -0.3 is 9.80 Å². The van der Waals surface area contributed by atoms with Gasteiger partial charge >= 0.3 is 0 Å². The Morgan fingerprint density at radius 3 is 2.44 bits per heavy atom. The number of amides is 2. The van der Waals surface area contributed by atoms with Crippen molar-refractivity contribution in [3.8, 4) is 0 Å². The van der Waals surface area contributed by atoms with Crippen molar-refractivity contribution >= 4 is 45.0 Å². The number of halogens is 1. The molecule has 3 atom stereocenters. The number of hydrogen-bond acceptors (Lipinski definition) is 5. The van der Waals surface area contributed by atoms with Crippen molar-refractivity contribution in [2.45, 2.75) is 68.8 Å². The zero-order valence-electron chi connectivity index (χ0n) is 20.8. The Kier molecular flexibility index (Phi) is 8.27. The fourth-order valence-corrected chi connectivity index (χ4v) is 7.93. The molecule has 196 valence electrons. The van der Waals surface area contributed by atoms with E-state index in [0.29, 0.717) is 25.8 Å². The van der Waals surface area contributed by atoms with Crippen molar-refractivity contribution in [1.82, 2.24) is 14.1 Å². The fourth-order valence-electron chi connectivity index (χ4n) is 6.23. The smallest absolute Gasteiger partial charge is 0.266 e. The summed E-state index contributed by atoms with van der Waals surface area (Å²) in [5, 5.41) is 1.77. The van der Waals surface area contributed by atoms with E-state index in [2.05, 4.69) is 4.90 Å². The Bertz CT molecular complexity index is 1210. The largest absolute Gasteiger partial charge is 0.337 e. The molecule has 0 bridgehead atoms. The Morgan fingerprint density at radius 2 is 1.72 bits per heavy atom. The lowest BCUT2D eigenvalue weighted by atomic mass is 9.94. The number of fused-ring (bicyclic) bond motifs is 2. The van der Waals surface area contributed by atoms with Crippen LogP contribution in [0.15, 0.2) is 47.4 Å². The second-order valence-corrected chi connectivity index (χ2v) is 11.9. The van der Waals surface area contributed by atoms with Crippen LogP contribution in [0, 0.1) is 5.92 Å². The summed E-state index contributed by atoms with van der Waals surface area (Å²) >= 11 is 0. The highest BCUT2D eigenvalue weighted by atomic mass is 35.5. The summed E-state index contributed by atoms with van der Waals surface area (Å²) in [5.74, 6) is -0.785. The van der Waals surface area contributed by atoms with E-state index in [1.165, 1.54) is 19.3 Å². The molecule has 2 amide bonds. The third-order valence-corrected chi connectivity index (χ3v) is 9.77. The van der Waals surface area contributed by atoms with Crippen molar-refractivity contribution < 1.29 is 18.0 Å². The number of nitrogens with zero attached hydrogens (tertiary/aromatic N) is 3. The van der Waals surface area contributed by atoms with Crippen molar-refractivity contribution in [1.29, 1.82) is 0 Å². The van der Waals surface area contributed by atoms with Crippen LogP contribution in [0.4, 0.5) is 0 Å². The number of sulfonamides is 1. The van der Waals surface area contributed by atoms with E-state index >= 15 is 0 Å². The van der Waals surface area contributed by atoms with Gasteiger partial charge in [0.2, 0.25) is 11.8 Å². The molecule has 0 aromatic heterocycles. The van der Waals surface area contributed by atoms with Gasteiger partial charge in [0.15, 0.2) is 0 Å². The lowest BCUT2D eigenvalue weighted by Gasteiger charge is -2.30. The zero-order chi connectivity index (χ0) is 24.6. The molecular formula is C27H36ClN3O4S. The minimum Gasteiger partial charge on any atom is -0.337 e. The third kappa shape index (κ3) is 4.87. The molecule has 0 radical (unpaired) electrons. The molecule has 3 heterocycles. The second kappa shape index (κ2) is 11.1. The average Bonchev–Trinajstić information content (AvgIpc) is 3.41. The molecule has 36 heavy (non-hydrogen) atoms. The maximum absolute atomic E-state index is 13.8. The quantitative estimate of drug-likeness (QED) is 0.536. The van der Waals surface area contributed by atoms with E-state index < -0.39 is 22.0 Å². The molecule has 0 unspecified atom stereocenters. The third-order valence-electron chi connectivity index (χ3n) is 7.96. The maximum atomic E-state index is 13.8. The first-order chi connectivity index (χ1) is 16.9. The van der Waals surface area contributed by atoms with Gasteiger partial charge in [-0.25, -0.2) is 12.7 Å². The molecule has 0 N–H and O–H groups in total. The molecule has 3 aliphatic heterocycles. The van der Waals surface area contributed by atoms with E-state index in [0.717, 1.165) is 41.1 Å². The Morgan fingerprint density at radius 1 is 1.00 bits per heavy atom. The van der Waals surface area contributed by atoms with Crippen LogP contribution < -0.4 is 0 Å². The van der Waals surface area contributed by atoms with E-state index in [-0.39, 0.29) is 35.2 Å². The Hall–Kier alpha value is -2.16. The molecule has 3 saturated heterocycles. The molecular weight excluding hydrogens is 498 g/mol. The second-order valence-electron chi connectivity index (χ2n) is 10.1. The van der Waals surface area contributed by atoms with Crippen LogP contribution in [0.1, 0.15) is 51.9 Å². The number of carbonyl (C=O) groups is 2. The van der Waals surface area contributed by atoms with Crippen LogP contribution in [0.5, 0.6) is 0 Å². The topological polar surface area (TPSA) is 78.0 Å². The van der Waals surface area contributed by atoms with Gasteiger partial charge in [-0.15, -0.1) is 12.4 Å². The van der Waals surface area contributed by atoms with Gasteiger partial charge in [-0.05, 0) is 61.7 Å². The van der Waals surface area contributed by atoms with E-state index in [4.69, 9.17) is 0 Å². The van der Waals surface area contributed by atoms with Gasteiger partial charge in [0.05, 0.1) is 22.9 Å². The fraction of sp³-hybridized carbons (Fsp3) is 0.556. The van der Waals surface area contributed by atoms with Crippen molar-refractivity contribution in [2.75, 3.05) is 26.2 Å². The number of hydrogen-bond donors (Lipinski definition) is 0. The lowest BCUT2D eigenvalue weighted by molar-refractivity contribution is -0.134. The van der Waals surface area contributed by atoms with Crippen LogP contribution in [-0.2, 0) is 19.6 Å². The molecule has 3 aliphatic rings. The van der Waals surface area contributed by atoms with E-state index in [1.807, 2.05) is 36.1 Å². The first-order valence-corrected chi connectivity index (χ1v) is 14.4. The van der Waals surface area contributed by atoms with Crippen LogP contribution >= 0.6 is 12.4 Å². The summed E-state index contributed by atoms with van der Waals surface area (Å²) in [4.78, 5) is 31.1. The molecule has 0 spiro atoms. The van der Waals surface area contributed by atoms with Gasteiger partial charge in [-0.1, -0.05) is 50.1 Å². The number of rotatable bonds is 7. The SMILES string of the molecule is CCC[C@H]1C(=O)N(S(=O)(=O)c2ccc3ccccc3c2)[C@H]2CCN(C(=O)CCN3CCCCC3)[C@H]12.Cl. The van der Waals surface area contributed by atoms with Gasteiger partial charge in [-0.2, -0.15) is 0 Å². The molecule has 0 aliphatic carbocycles. The molecule has 5 rings (SSSR count). The number of carbonyl (C=O) groups excluding carboxylic acids is 2. The van der Waals surface area contributed by atoms with Gasteiger partial charge in [0.1, 0.15) is 0 Å². The highest BCUT2D eigenvalue weighted by Crippen LogP contribution is 2.42. The maximum Gasteiger partial charge on any atom is 0.266 e. The van der Waals surface area contributed by atoms with Crippen LogP contribution in [-0.4, -0.2) is 72.6 Å². The van der Waals surface area contributed by atoms with Crippen LogP contribution in [0.3, 0.4) is 0 Å². The minimum absolute atomic E-state index is 0. The first-order valence-electron chi connectivity index (χ1n) is 13.0. The number of likely N-dealkylation sites (tertiary alicyclic amines) is 2. The van der Waals surface area contributed by atoms with Gasteiger partial charge in [0, 0.05) is 19.5 Å². The van der Waals surface area contributed by atoms with E-state index in [9.17, 15) is 18.0 Å². The normalized spacial score (nSPS) is 24.7. The summed E-state index contributed by atoms with van der Waals surface area (Å²) in [6.45, 7) is 5.31. The molecule has 7 nitrogen and oxygen atoms in total. The average molecular weight is 534 g/mol. The molecule has 0 saturated carbocycles. The Labute approximate surface area is 220 Å². The summed E-state index contributed by atoms with van der Waals surface area (Å²) in [5.41, 5.74) is 0. The molecule has 9 heteroatoms. The predicted molar refractivity (Wildman–Crippen MR) is 142 cm³/mol. The lowest BCUT2D eigenvalue weighted by Crippen LogP contribution is -2.44. The van der Waals surface area contributed by atoms with E-state index in [1.54, 1.807) is 18.2 Å². The molecule has 2 aromatic rings. The summed E-state index contributed by atoms with van der Waals surface area (Å²) in [7, 11) is -4.03. The highest BCUT2D eigenvalue weighted by molar-refractivity contribution is 7.89. The summed E-state index contributed by atoms with van der Waals surface area (Å²) in [6.07, 6.45) is 5.88. The van der Waals surface area contributed by atoms with Crippen molar-refractivity contribution in [3.05, 3.63) is 42.5 Å². The monoisotopic (exact) mass is 533 g/mol. The standard InChI is InChI=1S/C27H35N3O4S.ClH/c1-2-8-23-26-24(13-18-29(26)25(31)14-17-28-15-6-3-7-16-28)30(27(23)32)35(33,34)22-12-11-20-9-4-5-10-21(20)19-22;/h4-5,9-12,19,23-24,26H,2-3,6-8,13-18H2,1H3;1H/t23-,24+,26-;/m1./s1. The minimum atomic E-state index is -4.03. The molecule has 3 fully saturated rings. The summed E-state index contributed by atoms with van der Waals surface area (Å²) < 4.78 is 28.7. The van der Waals surface area contributed by atoms with Gasteiger partial charge in [0.25, 0.3) is 10.0 Å². The first kappa shape index (κ1) is 26.9. The van der Waals surface area contributed by atoms with Crippen molar-refractivity contribution in [3.63, 3.8) is 0 Å². The number of benzene rings is 2. The van der Waals surface area contributed by atoms with Gasteiger partial charge in [-0.3, -0.25) is 9.59 Å². The van der Waals surface area contributed by atoms with Crippen LogP contribution in [0.2, 0.25) is 0 Å². The molecule has 2 aromatic carbocycles. The summed E-state index contributed by atoms with van der Waals surface area (Å²) in [6, 6.07) is 11.8. The predicted octanol–water partition coefficient (Wildman–Crippen LogP) is 4.05. The highest BCUT2D eigenvalue weighted by Gasteiger charge is 2.58. The van der Waals surface area contributed by atoms with Crippen LogP contribution in [0.25, 0.3) is 10.8 Å². The zero-order valence-corrected chi connectivity index (χ0v) is 22.5. The number of piperidine rings is 1. The van der Waals surface area contributed by atoms with Crippen molar-refractivity contribution in [2.24, 2.45) is 5.92 Å².